The van der Waals surface area contributed by atoms with Crippen molar-refractivity contribution in [3.8, 4) is 12.3 Å². The van der Waals surface area contributed by atoms with Crippen LogP contribution in [0, 0.1) is 12.3 Å². The van der Waals surface area contributed by atoms with Crippen molar-refractivity contribution in [3.05, 3.63) is 35.4 Å². The summed E-state index contributed by atoms with van der Waals surface area (Å²) in [6.07, 6.45) is 7.57. The van der Waals surface area contributed by atoms with Crippen LogP contribution in [0.4, 0.5) is 0 Å². The molecule has 0 radical (unpaired) electrons. The third-order valence-corrected chi connectivity index (χ3v) is 3.75. The van der Waals surface area contributed by atoms with E-state index in [1.165, 1.54) is 11.1 Å². The summed E-state index contributed by atoms with van der Waals surface area (Å²) in [6.45, 7) is 6.21. The highest BCUT2D eigenvalue weighted by atomic mass is 15.2. The van der Waals surface area contributed by atoms with Gasteiger partial charge in [0.05, 0.1) is 6.54 Å². The summed E-state index contributed by atoms with van der Waals surface area (Å²) in [5.74, 6) is 2.62. The van der Waals surface area contributed by atoms with Crippen LogP contribution in [0.2, 0.25) is 0 Å². The van der Waals surface area contributed by atoms with E-state index >= 15 is 0 Å². The Morgan fingerprint density at radius 2 is 1.89 bits per heavy atom. The van der Waals surface area contributed by atoms with E-state index in [-0.39, 0.29) is 0 Å². The van der Waals surface area contributed by atoms with Gasteiger partial charge in [0.15, 0.2) is 0 Å². The largest absolute Gasteiger partial charge is 0.305 e. The van der Waals surface area contributed by atoms with Gasteiger partial charge >= 0.3 is 0 Å². The van der Waals surface area contributed by atoms with Crippen molar-refractivity contribution >= 4 is 0 Å². The lowest BCUT2D eigenvalue weighted by atomic mass is 10.0. The van der Waals surface area contributed by atoms with Crippen LogP contribution in [0.1, 0.15) is 18.1 Å². The van der Waals surface area contributed by atoms with Gasteiger partial charge in [0.25, 0.3) is 0 Å². The Morgan fingerprint density at radius 1 is 1.28 bits per heavy atom. The molecule has 2 rings (SSSR count). The highest BCUT2D eigenvalue weighted by molar-refractivity contribution is 5.28. The average molecular weight is 242 g/mol. The van der Waals surface area contributed by atoms with Crippen LogP contribution in [0.15, 0.2) is 24.3 Å². The molecule has 1 heterocycles. The second-order valence-electron chi connectivity index (χ2n) is 4.99. The van der Waals surface area contributed by atoms with E-state index in [1.807, 2.05) is 0 Å². The van der Waals surface area contributed by atoms with Crippen LogP contribution >= 0.6 is 0 Å². The third kappa shape index (κ3) is 3.35. The molecule has 96 valence electrons. The standard InChI is InChI=1S/C16H22N2/c1-3-10-17-13-14(2)18-11-8-15-6-4-5-7-16(15)9-12-18/h1,4-7,14,17H,8-13H2,2H3. The van der Waals surface area contributed by atoms with Crippen molar-refractivity contribution in [2.75, 3.05) is 26.2 Å². The zero-order valence-electron chi connectivity index (χ0n) is 11.2. The van der Waals surface area contributed by atoms with Crippen LogP contribution in [0.25, 0.3) is 0 Å². The van der Waals surface area contributed by atoms with E-state index in [4.69, 9.17) is 6.42 Å². The summed E-state index contributed by atoms with van der Waals surface area (Å²) >= 11 is 0. The SMILES string of the molecule is C#CCNCC(C)N1CCc2ccccc2CC1. The maximum absolute atomic E-state index is 5.25. The Morgan fingerprint density at radius 3 is 2.44 bits per heavy atom. The van der Waals surface area contributed by atoms with Crippen molar-refractivity contribution in [3.63, 3.8) is 0 Å². The summed E-state index contributed by atoms with van der Waals surface area (Å²) < 4.78 is 0. The van der Waals surface area contributed by atoms with Crippen LogP contribution in [-0.2, 0) is 12.8 Å². The molecular weight excluding hydrogens is 220 g/mol. The lowest BCUT2D eigenvalue weighted by Crippen LogP contribution is -2.41. The van der Waals surface area contributed by atoms with Gasteiger partial charge in [0.1, 0.15) is 0 Å². The molecule has 0 saturated carbocycles. The number of hydrogen-bond acceptors (Lipinski definition) is 2. The zero-order chi connectivity index (χ0) is 12.8. The molecule has 18 heavy (non-hydrogen) atoms. The highest BCUT2D eigenvalue weighted by Crippen LogP contribution is 2.16. The van der Waals surface area contributed by atoms with Crippen LogP contribution < -0.4 is 5.32 Å². The first-order valence-electron chi connectivity index (χ1n) is 6.76. The molecule has 1 unspecified atom stereocenters. The van der Waals surface area contributed by atoms with Crippen molar-refractivity contribution in [1.29, 1.82) is 0 Å². The minimum atomic E-state index is 0.549. The van der Waals surface area contributed by atoms with Gasteiger partial charge in [-0.05, 0) is 30.9 Å². The minimum absolute atomic E-state index is 0.549. The van der Waals surface area contributed by atoms with Crippen LogP contribution in [0.5, 0.6) is 0 Å². The Hall–Kier alpha value is -1.30. The second-order valence-corrected chi connectivity index (χ2v) is 4.99. The number of hydrogen-bond donors (Lipinski definition) is 1. The number of rotatable bonds is 4. The molecule has 0 amide bonds. The van der Waals surface area contributed by atoms with E-state index < -0.39 is 0 Å². The Kier molecular flexibility index (Phi) is 4.81. The molecule has 1 aliphatic heterocycles. The number of terminal acetylenes is 1. The minimum Gasteiger partial charge on any atom is -0.305 e. The topological polar surface area (TPSA) is 15.3 Å². The van der Waals surface area contributed by atoms with E-state index in [9.17, 15) is 0 Å². The van der Waals surface area contributed by atoms with Gasteiger partial charge in [-0.15, -0.1) is 6.42 Å². The Labute approximate surface area is 110 Å². The first-order valence-corrected chi connectivity index (χ1v) is 6.76. The molecule has 1 N–H and O–H groups in total. The molecule has 1 atom stereocenters. The number of fused-ring (bicyclic) bond motifs is 1. The average Bonchev–Trinajstić information content (AvgIpc) is 2.61. The second kappa shape index (κ2) is 6.58. The smallest absolute Gasteiger partial charge is 0.0574 e. The lowest BCUT2D eigenvalue weighted by molar-refractivity contribution is 0.215. The van der Waals surface area contributed by atoms with Crippen LogP contribution in [0.3, 0.4) is 0 Å². The molecule has 2 nitrogen and oxygen atoms in total. The first kappa shape index (κ1) is 13.1. The summed E-state index contributed by atoms with van der Waals surface area (Å²) in [4.78, 5) is 2.56. The quantitative estimate of drug-likeness (QED) is 0.638. The molecular formula is C16H22N2. The van der Waals surface area contributed by atoms with Gasteiger partial charge in [-0.2, -0.15) is 0 Å². The molecule has 0 spiro atoms. The number of benzene rings is 1. The molecule has 2 heteroatoms. The fraction of sp³-hybridized carbons (Fsp3) is 0.500. The van der Waals surface area contributed by atoms with Crippen molar-refractivity contribution in [1.82, 2.24) is 10.2 Å². The predicted molar refractivity (Wildman–Crippen MR) is 76.6 cm³/mol. The summed E-state index contributed by atoms with van der Waals surface area (Å²) in [7, 11) is 0. The van der Waals surface area contributed by atoms with Crippen LogP contribution in [-0.4, -0.2) is 37.1 Å². The molecule has 0 bridgehead atoms. The van der Waals surface area contributed by atoms with Gasteiger partial charge in [-0.1, -0.05) is 30.2 Å². The number of nitrogens with zero attached hydrogens (tertiary/aromatic N) is 1. The van der Waals surface area contributed by atoms with Gasteiger partial charge in [0.2, 0.25) is 0 Å². The van der Waals surface area contributed by atoms with Gasteiger partial charge in [-0.25, -0.2) is 0 Å². The number of nitrogens with one attached hydrogen (secondary N) is 1. The van der Waals surface area contributed by atoms with Gasteiger partial charge in [0, 0.05) is 25.7 Å². The van der Waals surface area contributed by atoms with E-state index in [0.29, 0.717) is 12.6 Å². The third-order valence-electron chi connectivity index (χ3n) is 3.75. The molecule has 1 aliphatic rings. The molecule has 0 fully saturated rings. The maximum atomic E-state index is 5.25. The summed E-state index contributed by atoms with van der Waals surface area (Å²) in [6, 6.07) is 9.37. The van der Waals surface area contributed by atoms with Gasteiger partial charge in [-0.3, -0.25) is 4.90 Å². The zero-order valence-corrected chi connectivity index (χ0v) is 11.2. The molecule has 1 aromatic rings. The molecule has 0 saturated heterocycles. The normalized spacial score (nSPS) is 17.6. The summed E-state index contributed by atoms with van der Waals surface area (Å²) in [5.41, 5.74) is 3.03. The van der Waals surface area contributed by atoms with Crippen molar-refractivity contribution in [2.24, 2.45) is 0 Å². The summed E-state index contributed by atoms with van der Waals surface area (Å²) in [5, 5.41) is 3.30. The first-order chi connectivity index (χ1) is 8.81. The molecule has 1 aromatic carbocycles. The Balaban J connectivity index is 1.89. The van der Waals surface area contributed by atoms with E-state index in [2.05, 4.69) is 47.3 Å². The maximum Gasteiger partial charge on any atom is 0.0574 e. The fourth-order valence-corrected chi connectivity index (χ4v) is 2.61. The van der Waals surface area contributed by atoms with Crippen molar-refractivity contribution in [2.45, 2.75) is 25.8 Å². The fourth-order valence-electron chi connectivity index (χ4n) is 2.61. The van der Waals surface area contributed by atoms with Gasteiger partial charge < -0.3 is 5.32 Å². The lowest BCUT2D eigenvalue weighted by Gasteiger charge is -2.27. The van der Waals surface area contributed by atoms with Crippen molar-refractivity contribution < 1.29 is 0 Å². The monoisotopic (exact) mass is 242 g/mol. The Bertz CT molecular complexity index is 392. The van der Waals surface area contributed by atoms with E-state index in [1.54, 1.807) is 0 Å². The van der Waals surface area contributed by atoms with E-state index in [0.717, 1.165) is 32.5 Å². The molecule has 0 aliphatic carbocycles. The highest BCUT2D eigenvalue weighted by Gasteiger charge is 2.17. The molecule has 0 aromatic heterocycles. The predicted octanol–water partition coefficient (Wildman–Crippen LogP) is 1.70.